The fourth-order valence-electron chi connectivity index (χ4n) is 7.55. The number of oxime groups is 1. The first-order valence-corrected chi connectivity index (χ1v) is 11.5. The molecule has 4 aliphatic carbocycles. The lowest BCUT2D eigenvalue weighted by Crippen LogP contribution is -2.56. The lowest BCUT2D eigenvalue weighted by Gasteiger charge is -2.58. The van der Waals surface area contributed by atoms with E-state index in [-0.39, 0.29) is 35.1 Å². The predicted octanol–water partition coefficient (Wildman–Crippen LogP) is 3.46. The van der Waals surface area contributed by atoms with Gasteiger partial charge in [0.05, 0.1) is 5.71 Å². The van der Waals surface area contributed by atoms with E-state index in [0.29, 0.717) is 31.0 Å². The van der Waals surface area contributed by atoms with E-state index in [1.165, 1.54) is 0 Å². The van der Waals surface area contributed by atoms with Gasteiger partial charge in [-0.2, -0.15) is 0 Å². The molecule has 0 aromatic carbocycles. The summed E-state index contributed by atoms with van der Waals surface area (Å²) < 4.78 is 14.3. The summed E-state index contributed by atoms with van der Waals surface area (Å²) >= 11 is 0. The van der Waals surface area contributed by atoms with Crippen LogP contribution < -0.4 is 5.32 Å². The van der Waals surface area contributed by atoms with Crippen LogP contribution in [-0.4, -0.2) is 42.6 Å². The molecule has 29 heavy (non-hydrogen) atoms. The van der Waals surface area contributed by atoms with Crippen molar-refractivity contribution < 1.29 is 18.8 Å². The number of Topliss-reactive ketones (excluding diaryl/α,β-unsaturated/α-hetero) is 2. The fourth-order valence-corrected chi connectivity index (χ4v) is 7.55. The summed E-state index contributed by atoms with van der Waals surface area (Å²) in [6, 6.07) is 0. The highest BCUT2D eigenvalue weighted by Gasteiger charge is 2.64. The van der Waals surface area contributed by atoms with Gasteiger partial charge in [-0.15, -0.1) is 0 Å². The predicted molar refractivity (Wildman–Crippen MR) is 107 cm³/mol. The van der Waals surface area contributed by atoms with Gasteiger partial charge in [-0.05, 0) is 68.2 Å². The maximum absolute atomic E-state index is 14.3. The maximum atomic E-state index is 14.3. The number of rotatable bonds is 2. The van der Waals surface area contributed by atoms with Gasteiger partial charge >= 0.3 is 0 Å². The first kappa shape index (κ1) is 19.7. The molecule has 0 aromatic rings. The molecule has 6 unspecified atom stereocenters. The first-order valence-electron chi connectivity index (χ1n) is 11.5. The molecule has 5 nitrogen and oxygen atoms in total. The SMILES string of the molecule is C[C@]12CCC(=NOC3CCNC3)CC1C(=O)CC1C2CC[C@]2(C)C(=O)C(F)CC12. The van der Waals surface area contributed by atoms with Crippen LogP contribution in [0.3, 0.4) is 0 Å². The Kier molecular flexibility index (Phi) is 4.65. The topological polar surface area (TPSA) is 67.8 Å². The Hall–Kier alpha value is -1.30. The molecule has 1 N–H and O–H groups in total. The maximum Gasteiger partial charge on any atom is 0.173 e. The Balaban J connectivity index is 1.36. The second-order valence-corrected chi connectivity index (χ2v) is 10.7. The summed E-state index contributed by atoms with van der Waals surface area (Å²) in [7, 11) is 0. The number of carbonyl (C=O) groups is 2. The third-order valence-electron chi connectivity index (χ3n) is 9.34. The van der Waals surface area contributed by atoms with Crippen LogP contribution in [0, 0.1) is 34.5 Å². The van der Waals surface area contributed by atoms with E-state index < -0.39 is 11.6 Å². The zero-order chi connectivity index (χ0) is 20.4. The quantitative estimate of drug-likeness (QED) is 0.716. The van der Waals surface area contributed by atoms with Gasteiger partial charge in [0, 0.05) is 30.7 Å². The molecule has 5 aliphatic rings. The van der Waals surface area contributed by atoms with Crippen molar-refractivity contribution in [2.45, 2.75) is 77.5 Å². The molecule has 0 amide bonds. The van der Waals surface area contributed by atoms with E-state index >= 15 is 0 Å². The summed E-state index contributed by atoms with van der Waals surface area (Å²) in [5.41, 5.74) is 0.396. The van der Waals surface area contributed by atoms with Gasteiger partial charge in [0.2, 0.25) is 0 Å². The second-order valence-electron chi connectivity index (χ2n) is 10.7. The summed E-state index contributed by atoms with van der Waals surface area (Å²) in [5, 5.41) is 7.72. The third kappa shape index (κ3) is 2.92. The Labute approximate surface area is 172 Å². The van der Waals surface area contributed by atoms with Crippen LogP contribution in [0.2, 0.25) is 0 Å². The Morgan fingerprint density at radius 3 is 2.72 bits per heavy atom. The molecule has 5 fully saturated rings. The molecule has 0 aromatic heterocycles. The highest BCUT2D eigenvalue weighted by atomic mass is 19.1. The van der Waals surface area contributed by atoms with Crippen LogP contribution in [0.4, 0.5) is 4.39 Å². The largest absolute Gasteiger partial charge is 0.391 e. The van der Waals surface area contributed by atoms with Crippen molar-refractivity contribution >= 4 is 17.3 Å². The van der Waals surface area contributed by atoms with E-state index in [1.807, 2.05) is 6.92 Å². The molecule has 5 rings (SSSR count). The fraction of sp³-hybridized carbons (Fsp3) is 0.870. The Morgan fingerprint density at radius 1 is 1.14 bits per heavy atom. The molecule has 0 radical (unpaired) electrons. The van der Waals surface area contributed by atoms with Crippen molar-refractivity contribution in [2.24, 2.45) is 39.7 Å². The number of hydrogen-bond acceptors (Lipinski definition) is 5. The van der Waals surface area contributed by atoms with Gasteiger partial charge in [0.15, 0.2) is 12.0 Å². The molecule has 0 spiro atoms. The zero-order valence-electron chi connectivity index (χ0n) is 17.6. The van der Waals surface area contributed by atoms with Crippen LogP contribution in [0.15, 0.2) is 5.16 Å². The molecular formula is C23H33FN2O3. The van der Waals surface area contributed by atoms with E-state index in [2.05, 4.69) is 17.4 Å². The van der Waals surface area contributed by atoms with Crippen molar-refractivity contribution in [1.29, 1.82) is 0 Å². The van der Waals surface area contributed by atoms with Gasteiger partial charge < -0.3 is 10.2 Å². The number of alkyl halides is 1. The number of fused-ring (bicyclic) bond motifs is 5. The average molecular weight is 405 g/mol. The van der Waals surface area contributed by atoms with Crippen LogP contribution in [0.1, 0.15) is 65.2 Å². The van der Waals surface area contributed by atoms with Crippen LogP contribution >= 0.6 is 0 Å². The molecule has 8 atom stereocenters. The number of nitrogens with zero attached hydrogens (tertiary/aromatic N) is 1. The van der Waals surface area contributed by atoms with E-state index in [4.69, 9.17) is 4.84 Å². The molecule has 160 valence electrons. The lowest BCUT2D eigenvalue weighted by molar-refractivity contribution is -0.152. The molecule has 6 heteroatoms. The van der Waals surface area contributed by atoms with Gasteiger partial charge in [-0.3, -0.25) is 9.59 Å². The minimum Gasteiger partial charge on any atom is -0.391 e. The number of nitrogens with one attached hydrogen (secondary N) is 1. The summed E-state index contributed by atoms with van der Waals surface area (Å²) in [6.45, 7) is 6.04. The second kappa shape index (κ2) is 6.86. The number of hydrogen-bond donors (Lipinski definition) is 1. The van der Waals surface area contributed by atoms with Crippen molar-refractivity contribution in [3.05, 3.63) is 0 Å². The van der Waals surface area contributed by atoms with Crippen molar-refractivity contribution in [3.63, 3.8) is 0 Å². The number of halogens is 1. The minimum atomic E-state index is -1.34. The van der Waals surface area contributed by atoms with Gasteiger partial charge in [-0.1, -0.05) is 19.0 Å². The van der Waals surface area contributed by atoms with Crippen molar-refractivity contribution in [2.75, 3.05) is 13.1 Å². The van der Waals surface area contributed by atoms with E-state index in [9.17, 15) is 14.0 Å². The van der Waals surface area contributed by atoms with Gasteiger partial charge in [-0.25, -0.2) is 4.39 Å². The Morgan fingerprint density at radius 2 is 1.97 bits per heavy atom. The van der Waals surface area contributed by atoms with E-state index in [1.54, 1.807) is 0 Å². The smallest absolute Gasteiger partial charge is 0.173 e. The highest BCUT2D eigenvalue weighted by molar-refractivity contribution is 5.94. The number of carbonyl (C=O) groups excluding carboxylic acids is 2. The normalized spacial score (nSPS) is 50.9. The standard InChI is InChI=1S/C23H33FN2O3/c1-22-6-3-13(26-29-14-5-8-25-12-14)9-18(22)20(27)10-15-16(22)4-7-23(2)17(15)11-19(24)21(23)28/h14-19,25H,3-12H2,1-2H3/t14?,15?,16?,17?,18?,19?,22-,23+/m1/s1. The van der Waals surface area contributed by atoms with Gasteiger partial charge in [0.1, 0.15) is 11.9 Å². The van der Waals surface area contributed by atoms with Gasteiger partial charge in [0.25, 0.3) is 0 Å². The lowest BCUT2D eigenvalue weighted by atomic mass is 9.45. The van der Waals surface area contributed by atoms with Crippen LogP contribution in [0.25, 0.3) is 0 Å². The van der Waals surface area contributed by atoms with Crippen molar-refractivity contribution in [1.82, 2.24) is 5.32 Å². The molecule has 0 bridgehead atoms. The molecular weight excluding hydrogens is 371 g/mol. The van der Waals surface area contributed by atoms with Crippen LogP contribution in [-0.2, 0) is 14.4 Å². The van der Waals surface area contributed by atoms with E-state index in [0.717, 1.165) is 50.9 Å². The molecule has 1 saturated heterocycles. The Bertz CT molecular complexity index is 748. The van der Waals surface area contributed by atoms with Crippen LogP contribution in [0.5, 0.6) is 0 Å². The minimum absolute atomic E-state index is 0.0100. The molecule has 4 saturated carbocycles. The molecule has 1 heterocycles. The average Bonchev–Trinajstić information content (AvgIpc) is 3.29. The van der Waals surface area contributed by atoms with Crippen molar-refractivity contribution in [3.8, 4) is 0 Å². The summed E-state index contributed by atoms with van der Waals surface area (Å²) in [4.78, 5) is 31.5. The number of ketones is 2. The summed E-state index contributed by atoms with van der Waals surface area (Å²) in [6.07, 6.45) is 4.83. The zero-order valence-corrected chi connectivity index (χ0v) is 17.6. The monoisotopic (exact) mass is 404 g/mol. The molecule has 1 aliphatic heterocycles. The third-order valence-corrected chi connectivity index (χ3v) is 9.34. The summed E-state index contributed by atoms with van der Waals surface area (Å²) in [5.74, 6) is 0.664. The highest BCUT2D eigenvalue weighted by Crippen LogP contribution is 2.64. The first-order chi connectivity index (χ1) is 13.8.